The monoisotopic (exact) mass is 249 g/mol. The number of carboxylic acid groups (broad SMARTS) is 1. The van der Waals surface area contributed by atoms with Crippen LogP contribution in [0.2, 0.25) is 0 Å². The van der Waals surface area contributed by atoms with Crippen molar-refractivity contribution < 1.29 is 9.90 Å². The molecule has 5 heteroatoms. The number of carbonyl (C=O) groups is 1. The summed E-state index contributed by atoms with van der Waals surface area (Å²) in [4.78, 5) is 15.6. The van der Waals surface area contributed by atoms with Crippen molar-refractivity contribution in [1.29, 1.82) is 0 Å². The van der Waals surface area contributed by atoms with Crippen molar-refractivity contribution >= 4 is 5.97 Å². The summed E-state index contributed by atoms with van der Waals surface area (Å²) in [7, 11) is 1.96. The predicted molar refractivity (Wildman–Crippen MR) is 65.8 cm³/mol. The number of aliphatic carboxylic acids is 1. The number of hydrogen-bond donors (Lipinski definition) is 2. The number of aryl methyl sites for hydroxylation is 1. The number of imidazole rings is 1. The number of hydrogen-bond acceptors (Lipinski definition) is 3. The van der Waals surface area contributed by atoms with Gasteiger partial charge in [-0.15, -0.1) is 0 Å². The lowest BCUT2D eigenvalue weighted by molar-refractivity contribution is -0.144. The molecule has 1 heterocycles. The Hall–Kier alpha value is -1.36. The van der Waals surface area contributed by atoms with E-state index >= 15 is 0 Å². The van der Waals surface area contributed by atoms with Crippen molar-refractivity contribution in [2.75, 3.05) is 0 Å². The van der Waals surface area contributed by atoms with E-state index in [-0.39, 0.29) is 12.0 Å². The largest absolute Gasteiger partial charge is 0.481 e. The zero-order valence-electron chi connectivity index (χ0n) is 10.5. The molecule has 5 nitrogen and oxygen atoms in total. The van der Waals surface area contributed by atoms with Crippen molar-refractivity contribution in [3.05, 3.63) is 18.2 Å². The van der Waals surface area contributed by atoms with Crippen molar-refractivity contribution in [3.63, 3.8) is 0 Å². The van der Waals surface area contributed by atoms with Crippen LogP contribution in [-0.2, 0) is 18.4 Å². The van der Waals surface area contributed by atoms with Crippen LogP contribution >= 0.6 is 0 Å². The smallest absolute Gasteiger partial charge is 0.308 e. The molecule has 0 aliphatic heterocycles. The van der Waals surface area contributed by atoms with Gasteiger partial charge in [0.15, 0.2) is 0 Å². The maximum atomic E-state index is 11.4. The van der Waals surface area contributed by atoms with Gasteiger partial charge in [-0.3, -0.25) is 4.79 Å². The van der Waals surface area contributed by atoms with Gasteiger partial charge in [0, 0.05) is 25.5 Å². The van der Waals surface area contributed by atoms with Gasteiger partial charge in [0.25, 0.3) is 0 Å². The Balaban J connectivity index is 1.68. The molecule has 2 fully saturated rings. The van der Waals surface area contributed by atoms with Crippen LogP contribution in [0.3, 0.4) is 0 Å². The minimum absolute atomic E-state index is 0.123. The summed E-state index contributed by atoms with van der Waals surface area (Å²) < 4.78 is 1.97. The van der Waals surface area contributed by atoms with Gasteiger partial charge in [-0.05, 0) is 31.1 Å². The summed E-state index contributed by atoms with van der Waals surface area (Å²) in [6, 6.07) is 0.123. The first kappa shape index (κ1) is 11.7. The molecule has 2 saturated carbocycles. The first-order valence-electron chi connectivity index (χ1n) is 6.59. The van der Waals surface area contributed by atoms with E-state index in [1.807, 2.05) is 17.8 Å². The van der Waals surface area contributed by atoms with E-state index in [1.165, 1.54) is 6.42 Å². The summed E-state index contributed by atoms with van der Waals surface area (Å²) in [5.74, 6) is 1.04. The molecule has 0 saturated heterocycles. The molecule has 98 valence electrons. The van der Waals surface area contributed by atoms with Crippen LogP contribution in [0, 0.1) is 17.8 Å². The van der Waals surface area contributed by atoms with Crippen LogP contribution in [0.15, 0.2) is 12.4 Å². The molecule has 4 atom stereocenters. The first-order valence-corrected chi connectivity index (χ1v) is 6.59. The number of fused-ring (bicyclic) bond motifs is 2. The third-order valence-electron chi connectivity index (χ3n) is 4.62. The van der Waals surface area contributed by atoms with Gasteiger partial charge in [-0.1, -0.05) is 0 Å². The SMILES string of the molecule is Cn1ccnc1CNC1C2CCC(C2)C1C(=O)O. The summed E-state index contributed by atoms with van der Waals surface area (Å²) in [6.45, 7) is 0.654. The van der Waals surface area contributed by atoms with Crippen molar-refractivity contribution in [2.45, 2.75) is 31.8 Å². The number of nitrogens with zero attached hydrogens (tertiary/aromatic N) is 2. The lowest BCUT2D eigenvalue weighted by Crippen LogP contribution is -2.44. The van der Waals surface area contributed by atoms with Crippen LogP contribution in [-0.4, -0.2) is 26.7 Å². The molecule has 1 aromatic heterocycles. The van der Waals surface area contributed by atoms with Gasteiger partial charge in [0.05, 0.1) is 12.5 Å². The zero-order valence-corrected chi connectivity index (χ0v) is 10.5. The molecule has 2 aliphatic rings. The zero-order chi connectivity index (χ0) is 12.7. The van der Waals surface area contributed by atoms with Gasteiger partial charge >= 0.3 is 5.97 Å². The molecule has 2 aliphatic carbocycles. The molecule has 18 heavy (non-hydrogen) atoms. The lowest BCUT2D eigenvalue weighted by atomic mass is 9.84. The van der Waals surface area contributed by atoms with Gasteiger partial charge in [-0.2, -0.15) is 0 Å². The molecule has 0 aromatic carbocycles. The van der Waals surface area contributed by atoms with Gasteiger partial charge in [0.2, 0.25) is 0 Å². The van der Waals surface area contributed by atoms with Crippen molar-refractivity contribution in [3.8, 4) is 0 Å². The summed E-state index contributed by atoms with van der Waals surface area (Å²) in [5.41, 5.74) is 0. The Bertz CT molecular complexity index is 457. The van der Waals surface area contributed by atoms with Crippen molar-refractivity contribution in [1.82, 2.24) is 14.9 Å². The standard InChI is InChI=1S/C13H19N3O2/c1-16-5-4-14-10(16)7-15-12-9-3-2-8(6-9)11(12)13(17)18/h4-5,8-9,11-12,15H,2-3,6-7H2,1H3,(H,17,18). The second-order valence-electron chi connectivity index (χ2n) is 5.56. The predicted octanol–water partition coefficient (Wildman–Crippen LogP) is 1.01. The maximum Gasteiger partial charge on any atom is 0.308 e. The van der Waals surface area contributed by atoms with Gasteiger partial charge in [0.1, 0.15) is 5.82 Å². The average Bonchev–Trinajstić information content (AvgIpc) is 3.00. The Labute approximate surface area is 106 Å². The third-order valence-corrected chi connectivity index (χ3v) is 4.62. The van der Waals surface area contributed by atoms with E-state index in [0.29, 0.717) is 18.4 Å². The average molecular weight is 249 g/mol. The molecule has 2 N–H and O–H groups in total. The highest BCUT2D eigenvalue weighted by Crippen LogP contribution is 2.48. The highest BCUT2D eigenvalue weighted by atomic mass is 16.4. The highest BCUT2D eigenvalue weighted by molar-refractivity contribution is 5.72. The summed E-state index contributed by atoms with van der Waals surface area (Å²) in [5, 5.41) is 12.8. The molecule has 0 radical (unpaired) electrons. The number of rotatable bonds is 4. The van der Waals surface area contributed by atoms with Crippen LogP contribution in [0.5, 0.6) is 0 Å². The van der Waals surface area contributed by atoms with E-state index in [4.69, 9.17) is 0 Å². The van der Waals surface area contributed by atoms with Gasteiger partial charge in [-0.25, -0.2) is 4.98 Å². The number of aromatic nitrogens is 2. The number of carboxylic acids is 1. The number of nitrogens with one attached hydrogen (secondary N) is 1. The highest BCUT2D eigenvalue weighted by Gasteiger charge is 2.50. The third kappa shape index (κ3) is 1.82. The fourth-order valence-electron chi connectivity index (χ4n) is 3.72. The van der Waals surface area contributed by atoms with E-state index in [9.17, 15) is 9.90 Å². The van der Waals surface area contributed by atoms with Crippen molar-refractivity contribution in [2.24, 2.45) is 24.8 Å². The molecule has 3 rings (SSSR count). The normalized spacial score (nSPS) is 34.1. The molecule has 0 spiro atoms. The Morgan fingerprint density at radius 3 is 3.00 bits per heavy atom. The van der Waals surface area contributed by atoms with Crippen LogP contribution in [0.1, 0.15) is 25.1 Å². The van der Waals surface area contributed by atoms with Crippen LogP contribution in [0.4, 0.5) is 0 Å². The van der Waals surface area contributed by atoms with Crippen LogP contribution in [0.25, 0.3) is 0 Å². The quantitative estimate of drug-likeness (QED) is 0.835. The van der Waals surface area contributed by atoms with E-state index in [1.54, 1.807) is 6.20 Å². The second-order valence-corrected chi connectivity index (χ2v) is 5.56. The Morgan fingerprint density at radius 2 is 2.33 bits per heavy atom. The minimum Gasteiger partial charge on any atom is -0.481 e. The molecule has 2 bridgehead atoms. The summed E-state index contributed by atoms with van der Waals surface area (Å²) >= 11 is 0. The Morgan fingerprint density at radius 1 is 1.56 bits per heavy atom. The molecule has 1 aromatic rings. The fourth-order valence-corrected chi connectivity index (χ4v) is 3.72. The topological polar surface area (TPSA) is 67.2 Å². The van der Waals surface area contributed by atoms with E-state index in [2.05, 4.69) is 10.3 Å². The molecule has 4 unspecified atom stereocenters. The molecule has 0 amide bonds. The van der Waals surface area contributed by atoms with E-state index in [0.717, 1.165) is 18.7 Å². The second kappa shape index (κ2) is 4.39. The van der Waals surface area contributed by atoms with E-state index < -0.39 is 5.97 Å². The lowest BCUT2D eigenvalue weighted by Gasteiger charge is -2.28. The first-order chi connectivity index (χ1) is 8.66. The summed E-state index contributed by atoms with van der Waals surface area (Å²) in [6.07, 6.45) is 7.02. The Kier molecular flexibility index (Phi) is 2.86. The fraction of sp³-hybridized carbons (Fsp3) is 0.692. The minimum atomic E-state index is -0.639. The molecular weight excluding hydrogens is 230 g/mol. The molecular formula is C13H19N3O2. The van der Waals surface area contributed by atoms with Crippen LogP contribution < -0.4 is 5.32 Å². The maximum absolute atomic E-state index is 11.4. The van der Waals surface area contributed by atoms with Gasteiger partial charge < -0.3 is 15.0 Å².